The molecule has 0 heterocycles. The summed E-state index contributed by atoms with van der Waals surface area (Å²) in [4.78, 5) is 32.7. The van der Waals surface area contributed by atoms with Gasteiger partial charge in [-0.3, -0.25) is 9.59 Å². The fraction of sp³-hybridized carbons (Fsp3) is 0.625. The summed E-state index contributed by atoms with van der Waals surface area (Å²) in [5, 5.41) is 19.3. The van der Waals surface area contributed by atoms with Crippen molar-refractivity contribution in [1.82, 2.24) is 10.2 Å². The molecule has 0 aromatic carbocycles. The zero-order valence-electron chi connectivity index (χ0n) is 8.39. The van der Waals surface area contributed by atoms with Crippen LogP contribution in [0.3, 0.4) is 0 Å². The van der Waals surface area contributed by atoms with E-state index >= 15 is 0 Å². The van der Waals surface area contributed by atoms with Crippen LogP contribution in [0.15, 0.2) is 0 Å². The van der Waals surface area contributed by atoms with Crippen molar-refractivity contribution in [2.24, 2.45) is 0 Å². The molecule has 0 atom stereocenters. The Morgan fingerprint density at radius 1 is 1.13 bits per heavy atom. The third-order valence-corrected chi connectivity index (χ3v) is 1.47. The van der Waals surface area contributed by atoms with Crippen LogP contribution in [0.2, 0.25) is 0 Å². The predicted octanol–water partition coefficient (Wildman–Crippen LogP) is -0.423. The lowest BCUT2D eigenvalue weighted by atomic mass is 10.4. The number of carbonyl (C=O) groups is 3. The molecule has 3 N–H and O–H groups in total. The Bertz CT molecular complexity index is 237. The predicted molar refractivity (Wildman–Crippen MR) is 50.5 cm³/mol. The van der Waals surface area contributed by atoms with Crippen LogP contribution in [0.25, 0.3) is 0 Å². The summed E-state index contributed by atoms with van der Waals surface area (Å²) >= 11 is 0. The number of carboxylic acids is 2. The summed E-state index contributed by atoms with van der Waals surface area (Å²) in [7, 11) is 0. The van der Waals surface area contributed by atoms with E-state index in [9.17, 15) is 14.4 Å². The number of urea groups is 1. The molecule has 0 radical (unpaired) electrons. The molecular weight excluding hydrogens is 204 g/mol. The average molecular weight is 218 g/mol. The zero-order chi connectivity index (χ0) is 11.8. The molecule has 0 saturated carbocycles. The Labute approximate surface area is 86.7 Å². The Hall–Kier alpha value is -1.79. The first kappa shape index (κ1) is 13.2. The van der Waals surface area contributed by atoms with Gasteiger partial charge in [-0.1, -0.05) is 6.92 Å². The second-order valence-electron chi connectivity index (χ2n) is 2.88. The van der Waals surface area contributed by atoms with E-state index in [0.29, 0.717) is 13.0 Å². The summed E-state index contributed by atoms with van der Waals surface area (Å²) in [6.45, 7) is 0.970. The minimum Gasteiger partial charge on any atom is -0.480 e. The average Bonchev–Trinajstić information content (AvgIpc) is 2.11. The molecule has 0 aliphatic carbocycles. The maximum Gasteiger partial charge on any atom is 0.323 e. The first-order valence-electron chi connectivity index (χ1n) is 4.43. The molecule has 0 aliphatic rings. The standard InChI is InChI=1S/C8H14N2O5/c1-2-3-9-8(15)10(4-6(11)12)5-7(13)14/h2-5H2,1H3,(H,9,15)(H,11,12)(H,13,14). The van der Waals surface area contributed by atoms with Gasteiger partial charge in [0.15, 0.2) is 0 Å². The van der Waals surface area contributed by atoms with E-state index in [2.05, 4.69) is 5.32 Å². The monoisotopic (exact) mass is 218 g/mol. The van der Waals surface area contributed by atoms with Crippen LogP contribution in [-0.4, -0.2) is 52.7 Å². The second kappa shape index (κ2) is 6.63. The third-order valence-electron chi connectivity index (χ3n) is 1.47. The molecule has 0 fully saturated rings. The van der Waals surface area contributed by atoms with Crippen LogP contribution in [0, 0.1) is 0 Å². The number of hydrogen-bond donors (Lipinski definition) is 3. The number of carboxylic acid groups (broad SMARTS) is 2. The number of rotatable bonds is 6. The van der Waals surface area contributed by atoms with Crippen molar-refractivity contribution < 1.29 is 24.6 Å². The minimum atomic E-state index is -1.25. The number of aliphatic carboxylic acids is 2. The molecule has 0 aromatic rings. The lowest BCUT2D eigenvalue weighted by molar-refractivity contribution is -0.140. The van der Waals surface area contributed by atoms with E-state index in [4.69, 9.17) is 10.2 Å². The van der Waals surface area contributed by atoms with Crippen LogP contribution < -0.4 is 5.32 Å². The largest absolute Gasteiger partial charge is 0.480 e. The van der Waals surface area contributed by atoms with Crippen molar-refractivity contribution in [3.63, 3.8) is 0 Å². The lowest BCUT2D eigenvalue weighted by Gasteiger charge is -2.18. The van der Waals surface area contributed by atoms with Crippen molar-refractivity contribution in [1.29, 1.82) is 0 Å². The molecule has 7 heteroatoms. The van der Waals surface area contributed by atoms with Gasteiger partial charge < -0.3 is 20.4 Å². The van der Waals surface area contributed by atoms with Crippen molar-refractivity contribution in [3.8, 4) is 0 Å². The van der Waals surface area contributed by atoms with Crippen molar-refractivity contribution in [2.45, 2.75) is 13.3 Å². The molecule has 0 aliphatic heterocycles. The van der Waals surface area contributed by atoms with E-state index in [-0.39, 0.29) is 0 Å². The van der Waals surface area contributed by atoms with E-state index in [1.54, 1.807) is 0 Å². The molecule has 0 unspecified atom stereocenters. The van der Waals surface area contributed by atoms with Gasteiger partial charge in [0.1, 0.15) is 13.1 Å². The number of carbonyl (C=O) groups excluding carboxylic acids is 1. The van der Waals surface area contributed by atoms with Gasteiger partial charge in [0, 0.05) is 6.54 Å². The molecule has 0 aromatic heterocycles. The highest BCUT2D eigenvalue weighted by Crippen LogP contribution is 1.90. The van der Waals surface area contributed by atoms with Gasteiger partial charge in [-0.2, -0.15) is 0 Å². The smallest absolute Gasteiger partial charge is 0.323 e. The van der Waals surface area contributed by atoms with Crippen LogP contribution >= 0.6 is 0 Å². The molecule has 2 amide bonds. The topological polar surface area (TPSA) is 107 Å². The van der Waals surface area contributed by atoms with Crippen molar-refractivity contribution >= 4 is 18.0 Å². The highest BCUT2D eigenvalue weighted by atomic mass is 16.4. The van der Waals surface area contributed by atoms with Crippen LogP contribution in [0.5, 0.6) is 0 Å². The second-order valence-corrected chi connectivity index (χ2v) is 2.88. The van der Waals surface area contributed by atoms with Crippen LogP contribution in [-0.2, 0) is 9.59 Å². The quantitative estimate of drug-likeness (QED) is 0.561. The maximum absolute atomic E-state index is 11.3. The summed E-state index contributed by atoms with van der Waals surface area (Å²) in [6.07, 6.45) is 0.694. The van der Waals surface area contributed by atoms with Crippen LogP contribution in [0.1, 0.15) is 13.3 Å². The number of hydrogen-bond acceptors (Lipinski definition) is 3. The summed E-state index contributed by atoms with van der Waals surface area (Å²) < 4.78 is 0. The molecule has 86 valence electrons. The molecule has 0 spiro atoms. The normalized spacial score (nSPS) is 9.40. The summed E-state index contributed by atoms with van der Waals surface area (Å²) in [6, 6.07) is -0.679. The Morgan fingerprint density at radius 2 is 1.60 bits per heavy atom. The number of nitrogens with zero attached hydrogens (tertiary/aromatic N) is 1. The number of amides is 2. The molecule has 0 saturated heterocycles. The molecule has 15 heavy (non-hydrogen) atoms. The van der Waals surface area contributed by atoms with Gasteiger partial charge in [0.25, 0.3) is 0 Å². The van der Waals surface area contributed by atoms with Crippen molar-refractivity contribution in [3.05, 3.63) is 0 Å². The van der Waals surface area contributed by atoms with Crippen LogP contribution in [0.4, 0.5) is 4.79 Å². The molecular formula is C8H14N2O5. The minimum absolute atomic E-state index is 0.384. The van der Waals surface area contributed by atoms with Gasteiger partial charge in [0.05, 0.1) is 0 Å². The summed E-state index contributed by atoms with van der Waals surface area (Å²) in [5.74, 6) is -2.49. The van der Waals surface area contributed by atoms with E-state index in [1.165, 1.54) is 0 Å². The van der Waals surface area contributed by atoms with Crippen molar-refractivity contribution in [2.75, 3.05) is 19.6 Å². The Morgan fingerprint density at radius 3 is 1.93 bits per heavy atom. The summed E-state index contributed by atoms with van der Waals surface area (Å²) in [5.41, 5.74) is 0. The highest BCUT2D eigenvalue weighted by Gasteiger charge is 2.18. The van der Waals surface area contributed by atoms with Gasteiger partial charge in [-0.15, -0.1) is 0 Å². The Balaban J connectivity index is 4.26. The molecule has 7 nitrogen and oxygen atoms in total. The van der Waals surface area contributed by atoms with Gasteiger partial charge in [-0.25, -0.2) is 4.79 Å². The van der Waals surface area contributed by atoms with Gasteiger partial charge in [0.2, 0.25) is 0 Å². The van der Waals surface area contributed by atoms with Gasteiger partial charge in [-0.05, 0) is 6.42 Å². The molecule has 0 bridgehead atoms. The third kappa shape index (κ3) is 6.30. The highest BCUT2D eigenvalue weighted by molar-refractivity contribution is 5.83. The fourth-order valence-corrected chi connectivity index (χ4v) is 0.870. The van der Waals surface area contributed by atoms with Gasteiger partial charge >= 0.3 is 18.0 Å². The van der Waals surface area contributed by atoms with E-state index in [1.807, 2.05) is 6.92 Å². The SMILES string of the molecule is CCCNC(=O)N(CC(=O)O)CC(=O)O. The van der Waals surface area contributed by atoms with E-state index < -0.39 is 31.1 Å². The number of nitrogens with one attached hydrogen (secondary N) is 1. The zero-order valence-corrected chi connectivity index (χ0v) is 8.39. The fourth-order valence-electron chi connectivity index (χ4n) is 0.870. The first-order valence-corrected chi connectivity index (χ1v) is 4.43. The Kier molecular flexibility index (Phi) is 5.84. The maximum atomic E-state index is 11.3. The first-order chi connectivity index (χ1) is 6.97. The lowest BCUT2D eigenvalue weighted by Crippen LogP contribution is -2.45. The van der Waals surface area contributed by atoms with E-state index in [0.717, 1.165) is 4.90 Å². The molecule has 0 rings (SSSR count).